The van der Waals surface area contributed by atoms with Crippen molar-refractivity contribution in [3.05, 3.63) is 53.3 Å². The Balaban J connectivity index is 2.10. The largest absolute Gasteiger partial charge is 0.479 e. The maximum absolute atomic E-state index is 12.3. The molecule has 0 bridgehead atoms. The highest BCUT2D eigenvalue weighted by Crippen LogP contribution is 2.24. The molecular weight excluding hydrogens is 330 g/mol. The minimum Gasteiger partial charge on any atom is -0.479 e. The maximum atomic E-state index is 12.3. The van der Waals surface area contributed by atoms with Gasteiger partial charge < -0.3 is 15.0 Å². The van der Waals surface area contributed by atoms with Crippen LogP contribution in [0.1, 0.15) is 17.3 Å². The highest BCUT2D eigenvalue weighted by atomic mass is 35.5. The molecule has 0 radical (unpaired) electrons. The number of rotatable bonds is 5. The minimum absolute atomic E-state index is 0.179. The lowest BCUT2D eigenvalue weighted by atomic mass is 10.1. The molecule has 24 heavy (non-hydrogen) atoms. The van der Waals surface area contributed by atoms with Gasteiger partial charge in [0, 0.05) is 25.9 Å². The molecule has 1 atom stereocenters. The highest BCUT2D eigenvalue weighted by Gasteiger charge is 2.17. The Morgan fingerprint density at radius 2 is 2.04 bits per heavy atom. The van der Waals surface area contributed by atoms with Gasteiger partial charge in [0.15, 0.2) is 6.10 Å². The number of carbonyl (C=O) groups is 2. The normalized spacial score (nSPS) is 11.5. The predicted molar refractivity (Wildman–Crippen MR) is 92.4 cm³/mol. The summed E-state index contributed by atoms with van der Waals surface area (Å²) in [6.45, 7) is 1.62. The zero-order valence-corrected chi connectivity index (χ0v) is 14.4. The molecule has 2 aromatic rings. The Kier molecular flexibility index (Phi) is 5.76. The lowest BCUT2D eigenvalue weighted by Crippen LogP contribution is -2.30. The third-order valence-electron chi connectivity index (χ3n) is 3.19. The smallest absolute Gasteiger partial charge is 0.265 e. The van der Waals surface area contributed by atoms with Crippen molar-refractivity contribution in [1.82, 2.24) is 9.88 Å². The van der Waals surface area contributed by atoms with Gasteiger partial charge in [0.2, 0.25) is 0 Å². The fourth-order valence-electron chi connectivity index (χ4n) is 1.92. The summed E-state index contributed by atoms with van der Waals surface area (Å²) >= 11 is 6.10. The molecule has 1 unspecified atom stereocenters. The molecule has 0 saturated heterocycles. The number of aromatic nitrogens is 1. The van der Waals surface area contributed by atoms with Crippen LogP contribution in [0, 0.1) is 0 Å². The first-order valence-electron chi connectivity index (χ1n) is 7.27. The van der Waals surface area contributed by atoms with E-state index in [0.717, 1.165) is 0 Å². The number of ether oxygens (including phenoxy) is 1. The van der Waals surface area contributed by atoms with Gasteiger partial charge >= 0.3 is 0 Å². The van der Waals surface area contributed by atoms with E-state index >= 15 is 0 Å². The summed E-state index contributed by atoms with van der Waals surface area (Å²) in [6.07, 6.45) is 2.39. The van der Waals surface area contributed by atoms with Gasteiger partial charge in [-0.15, -0.1) is 0 Å². The van der Waals surface area contributed by atoms with Gasteiger partial charge in [0.1, 0.15) is 5.75 Å². The van der Waals surface area contributed by atoms with E-state index in [1.54, 1.807) is 57.5 Å². The molecule has 2 rings (SSSR count). The van der Waals surface area contributed by atoms with Crippen molar-refractivity contribution in [2.45, 2.75) is 13.0 Å². The van der Waals surface area contributed by atoms with Gasteiger partial charge in [-0.05, 0) is 37.3 Å². The van der Waals surface area contributed by atoms with Crippen molar-refractivity contribution in [2.75, 3.05) is 19.4 Å². The minimum atomic E-state index is -0.751. The Bertz CT molecular complexity index is 735. The molecule has 0 saturated carbocycles. The Morgan fingerprint density at radius 1 is 1.29 bits per heavy atom. The first kappa shape index (κ1) is 17.7. The van der Waals surface area contributed by atoms with Crippen LogP contribution in [-0.2, 0) is 4.79 Å². The molecule has 0 fully saturated rings. The number of benzene rings is 1. The molecule has 1 aromatic heterocycles. The van der Waals surface area contributed by atoms with Gasteiger partial charge in [-0.3, -0.25) is 14.6 Å². The quantitative estimate of drug-likeness (QED) is 0.902. The molecule has 1 N–H and O–H groups in total. The number of anilines is 1. The zero-order valence-electron chi connectivity index (χ0n) is 13.6. The average molecular weight is 348 g/mol. The monoisotopic (exact) mass is 347 g/mol. The van der Waals surface area contributed by atoms with Crippen molar-refractivity contribution in [3.8, 4) is 5.75 Å². The molecule has 1 aromatic carbocycles. The van der Waals surface area contributed by atoms with Crippen LogP contribution in [0.15, 0.2) is 42.7 Å². The second-order valence-electron chi connectivity index (χ2n) is 5.33. The number of pyridine rings is 1. The van der Waals surface area contributed by atoms with Crippen LogP contribution in [0.2, 0.25) is 5.02 Å². The molecule has 0 aliphatic carbocycles. The fourth-order valence-corrected chi connectivity index (χ4v) is 2.09. The lowest BCUT2D eigenvalue weighted by Gasteiger charge is -2.16. The van der Waals surface area contributed by atoms with E-state index in [9.17, 15) is 9.59 Å². The first-order chi connectivity index (χ1) is 11.4. The van der Waals surface area contributed by atoms with Gasteiger partial charge in [0.25, 0.3) is 11.8 Å². The van der Waals surface area contributed by atoms with E-state index in [2.05, 4.69) is 10.3 Å². The number of hydrogen-bond donors (Lipinski definition) is 1. The lowest BCUT2D eigenvalue weighted by molar-refractivity contribution is -0.122. The van der Waals surface area contributed by atoms with Gasteiger partial charge in [-0.2, -0.15) is 0 Å². The van der Waals surface area contributed by atoms with Crippen LogP contribution in [-0.4, -0.2) is 41.9 Å². The predicted octanol–water partition coefficient (Wildman–Crippen LogP) is 2.84. The molecule has 0 aliphatic heterocycles. The molecule has 1 heterocycles. The molecular formula is C17H18ClN3O3. The van der Waals surface area contributed by atoms with E-state index in [4.69, 9.17) is 16.3 Å². The number of nitrogens with zero attached hydrogens (tertiary/aromatic N) is 2. The van der Waals surface area contributed by atoms with E-state index in [0.29, 0.717) is 22.0 Å². The van der Waals surface area contributed by atoms with Crippen LogP contribution >= 0.6 is 11.6 Å². The second-order valence-corrected chi connectivity index (χ2v) is 5.74. The van der Waals surface area contributed by atoms with Crippen LogP contribution in [0.4, 0.5) is 5.69 Å². The summed E-state index contributed by atoms with van der Waals surface area (Å²) in [7, 11) is 3.30. The fraction of sp³-hybridized carbons (Fsp3) is 0.235. The summed E-state index contributed by atoms with van der Waals surface area (Å²) in [5.41, 5.74) is 0.788. The van der Waals surface area contributed by atoms with Gasteiger partial charge in [-0.25, -0.2) is 0 Å². The number of hydrogen-bond acceptors (Lipinski definition) is 4. The summed E-state index contributed by atoms with van der Waals surface area (Å²) in [5.74, 6) is -0.0696. The standard InChI is InChI=1S/C17H18ClN3O3/c1-11(24-13-5-4-8-19-10-13)16(22)20-15-9-12(6-7-14(15)18)17(23)21(2)3/h4-11H,1-3H3,(H,20,22). The van der Waals surface area contributed by atoms with Crippen LogP contribution < -0.4 is 10.1 Å². The van der Waals surface area contributed by atoms with Crippen LogP contribution in [0.3, 0.4) is 0 Å². The Labute approximate surface area is 145 Å². The molecule has 0 spiro atoms. The van der Waals surface area contributed by atoms with Crippen molar-refractivity contribution in [2.24, 2.45) is 0 Å². The number of amides is 2. The Morgan fingerprint density at radius 3 is 2.67 bits per heavy atom. The topological polar surface area (TPSA) is 71.5 Å². The Hall–Kier alpha value is -2.60. The summed E-state index contributed by atoms with van der Waals surface area (Å²) in [4.78, 5) is 29.7. The first-order valence-corrected chi connectivity index (χ1v) is 7.65. The van der Waals surface area contributed by atoms with Crippen molar-refractivity contribution < 1.29 is 14.3 Å². The molecule has 126 valence electrons. The number of halogens is 1. The van der Waals surface area contributed by atoms with E-state index in [-0.39, 0.29) is 11.8 Å². The van der Waals surface area contributed by atoms with Crippen LogP contribution in [0.5, 0.6) is 5.75 Å². The summed E-state index contributed by atoms with van der Waals surface area (Å²) in [5, 5.41) is 3.02. The third-order valence-corrected chi connectivity index (χ3v) is 3.52. The zero-order chi connectivity index (χ0) is 17.7. The van der Waals surface area contributed by atoms with Crippen molar-refractivity contribution >= 4 is 29.1 Å². The molecule has 0 aliphatic rings. The molecule has 2 amide bonds. The maximum Gasteiger partial charge on any atom is 0.265 e. The third kappa shape index (κ3) is 4.45. The second kappa shape index (κ2) is 7.79. The van der Waals surface area contributed by atoms with Crippen LogP contribution in [0.25, 0.3) is 0 Å². The van der Waals surface area contributed by atoms with E-state index < -0.39 is 6.10 Å². The SMILES string of the molecule is CC(Oc1cccnc1)C(=O)Nc1cc(C(=O)N(C)C)ccc1Cl. The number of carbonyl (C=O) groups excluding carboxylic acids is 2. The average Bonchev–Trinajstić information content (AvgIpc) is 2.56. The van der Waals surface area contributed by atoms with Gasteiger partial charge in [-0.1, -0.05) is 11.6 Å². The summed E-state index contributed by atoms with van der Waals surface area (Å²) in [6, 6.07) is 8.14. The van der Waals surface area contributed by atoms with E-state index in [1.165, 1.54) is 11.1 Å². The number of nitrogens with one attached hydrogen (secondary N) is 1. The van der Waals surface area contributed by atoms with Crippen molar-refractivity contribution in [3.63, 3.8) is 0 Å². The summed E-state index contributed by atoms with van der Waals surface area (Å²) < 4.78 is 5.51. The molecule has 6 nitrogen and oxygen atoms in total. The molecule has 7 heteroatoms. The van der Waals surface area contributed by atoms with Gasteiger partial charge in [0.05, 0.1) is 16.9 Å². The highest BCUT2D eigenvalue weighted by molar-refractivity contribution is 6.34. The van der Waals surface area contributed by atoms with E-state index in [1.807, 2.05) is 0 Å². The van der Waals surface area contributed by atoms with Crippen molar-refractivity contribution in [1.29, 1.82) is 0 Å².